The van der Waals surface area contributed by atoms with Crippen molar-refractivity contribution in [2.45, 2.75) is 6.18 Å². The normalized spacial score (nSPS) is 11.3. The summed E-state index contributed by atoms with van der Waals surface area (Å²) in [6.45, 7) is 0. The highest BCUT2D eigenvalue weighted by Gasteiger charge is 2.31. The van der Waals surface area contributed by atoms with E-state index in [-0.39, 0.29) is 11.1 Å². The van der Waals surface area contributed by atoms with Crippen LogP contribution < -0.4 is 5.56 Å². The van der Waals surface area contributed by atoms with Gasteiger partial charge in [0.15, 0.2) is 0 Å². The smallest absolute Gasteiger partial charge is 0.416 e. The number of hydrogen-bond acceptors (Lipinski definition) is 3. The first-order chi connectivity index (χ1) is 9.30. The standard InChI is InChI=1S/C12H7F3N2O3/c13-12(14,15)7-3-1-2-6(4-7)8-5-16-17-10(18)9(8)11(19)20/h1-5H,(H,17,18)(H,19,20). The van der Waals surface area contributed by atoms with E-state index in [9.17, 15) is 22.8 Å². The van der Waals surface area contributed by atoms with E-state index in [1.54, 1.807) is 0 Å². The number of aromatic carboxylic acids is 1. The number of carbonyl (C=O) groups is 1. The molecule has 0 radical (unpaired) electrons. The second-order valence-corrected chi connectivity index (χ2v) is 3.87. The average Bonchev–Trinajstić information content (AvgIpc) is 2.37. The van der Waals surface area contributed by atoms with E-state index < -0.39 is 28.8 Å². The lowest BCUT2D eigenvalue weighted by Crippen LogP contribution is -2.20. The Balaban J connectivity index is 2.67. The average molecular weight is 284 g/mol. The topological polar surface area (TPSA) is 83.0 Å². The van der Waals surface area contributed by atoms with Gasteiger partial charge in [0.25, 0.3) is 5.56 Å². The van der Waals surface area contributed by atoms with Gasteiger partial charge in [-0.15, -0.1) is 0 Å². The largest absolute Gasteiger partial charge is 0.477 e. The number of aromatic amines is 1. The van der Waals surface area contributed by atoms with Crippen LogP contribution in [-0.4, -0.2) is 21.3 Å². The minimum absolute atomic E-state index is 0.0455. The second kappa shape index (κ2) is 4.80. The Kier molecular flexibility index (Phi) is 3.31. The maximum Gasteiger partial charge on any atom is 0.416 e. The van der Waals surface area contributed by atoms with E-state index in [2.05, 4.69) is 5.10 Å². The Labute approximate surface area is 109 Å². The molecule has 104 valence electrons. The summed E-state index contributed by atoms with van der Waals surface area (Å²) in [5.74, 6) is -1.54. The van der Waals surface area contributed by atoms with Crippen molar-refractivity contribution in [2.75, 3.05) is 0 Å². The molecule has 8 heteroatoms. The van der Waals surface area contributed by atoms with Gasteiger partial charge in [0.1, 0.15) is 5.56 Å². The van der Waals surface area contributed by atoms with E-state index in [0.717, 1.165) is 24.4 Å². The predicted molar refractivity (Wildman–Crippen MR) is 62.3 cm³/mol. The van der Waals surface area contributed by atoms with Gasteiger partial charge < -0.3 is 5.11 Å². The molecule has 0 aliphatic heterocycles. The molecule has 1 aromatic heterocycles. The number of hydrogen-bond donors (Lipinski definition) is 2. The molecule has 0 fully saturated rings. The number of halogens is 3. The first-order valence-electron chi connectivity index (χ1n) is 5.29. The van der Waals surface area contributed by atoms with E-state index in [1.165, 1.54) is 6.07 Å². The molecule has 2 aromatic rings. The third-order valence-corrected chi connectivity index (χ3v) is 2.57. The molecule has 2 N–H and O–H groups in total. The highest BCUT2D eigenvalue weighted by atomic mass is 19.4. The minimum Gasteiger partial charge on any atom is -0.477 e. The monoisotopic (exact) mass is 284 g/mol. The number of carboxylic acid groups (broad SMARTS) is 1. The van der Waals surface area contributed by atoms with Crippen molar-refractivity contribution >= 4 is 5.97 Å². The molecule has 0 amide bonds. The maximum atomic E-state index is 12.6. The Hall–Kier alpha value is -2.64. The van der Waals surface area contributed by atoms with E-state index in [4.69, 9.17) is 5.11 Å². The molecular weight excluding hydrogens is 277 g/mol. The SMILES string of the molecule is O=C(O)c1c(-c2cccc(C(F)(F)F)c2)cn[nH]c1=O. The first kappa shape index (κ1) is 13.8. The van der Waals surface area contributed by atoms with Gasteiger partial charge in [0, 0.05) is 5.56 Å². The van der Waals surface area contributed by atoms with Crippen molar-refractivity contribution in [3.63, 3.8) is 0 Å². The fourth-order valence-electron chi connectivity index (χ4n) is 1.69. The van der Waals surface area contributed by atoms with Crippen LogP contribution in [-0.2, 0) is 6.18 Å². The Morgan fingerprint density at radius 1 is 1.30 bits per heavy atom. The highest BCUT2D eigenvalue weighted by Crippen LogP contribution is 2.32. The second-order valence-electron chi connectivity index (χ2n) is 3.87. The van der Waals surface area contributed by atoms with Gasteiger partial charge in [-0.2, -0.15) is 18.3 Å². The Morgan fingerprint density at radius 3 is 2.60 bits per heavy atom. The molecule has 1 heterocycles. The molecule has 0 bridgehead atoms. The molecule has 0 saturated carbocycles. The molecular formula is C12H7F3N2O3. The van der Waals surface area contributed by atoms with Gasteiger partial charge in [-0.3, -0.25) is 4.79 Å². The molecule has 2 rings (SSSR count). The van der Waals surface area contributed by atoms with Crippen LogP contribution in [0.15, 0.2) is 35.3 Å². The first-order valence-corrected chi connectivity index (χ1v) is 5.29. The number of aromatic nitrogens is 2. The third-order valence-electron chi connectivity index (χ3n) is 2.57. The maximum absolute atomic E-state index is 12.6. The van der Waals surface area contributed by atoms with Gasteiger partial charge in [-0.25, -0.2) is 9.89 Å². The van der Waals surface area contributed by atoms with Crippen LogP contribution in [0.3, 0.4) is 0 Å². The summed E-state index contributed by atoms with van der Waals surface area (Å²) in [6.07, 6.45) is -3.56. The molecule has 0 atom stereocenters. The van der Waals surface area contributed by atoms with Crippen molar-refractivity contribution in [3.05, 3.63) is 51.9 Å². The summed E-state index contributed by atoms with van der Waals surface area (Å²) in [5, 5.41) is 14.3. The minimum atomic E-state index is -4.56. The number of nitrogens with zero attached hydrogens (tertiary/aromatic N) is 1. The lowest BCUT2D eigenvalue weighted by Gasteiger charge is -2.09. The third kappa shape index (κ3) is 2.53. The quantitative estimate of drug-likeness (QED) is 0.885. The fourth-order valence-corrected chi connectivity index (χ4v) is 1.69. The van der Waals surface area contributed by atoms with Crippen LogP contribution in [0.2, 0.25) is 0 Å². The van der Waals surface area contributed by atoms with Crippen LogP contribution in [0.4, 0.5) is 13.2 Å². The summed E-state index contributed by atoms with van der Waals surface area (Å²) in [6, 6.07) is 4.02. The summed E-state index contributed by atoms with van der Waals surface area (Å²) in [5.41, 5.74) is -2.79. The van der Waals surface area contributed by atoms with Crippen molar-refractivity contribution < 1.29 is 23.1 Å². The summed E-state index contributed by atoms with van der Waals surface area (Å²) in [4.78, 5) is 22.4. The molecule has 0 saturated heterocycles. The van der Waals surface area contributed by atoms with Crippen LogP contribution in [0.5, 0.6) is 0 Å². The van der Waals surface area contributed by atoms with Crippen molar-refractivity contribution in [1.29, 1.82) is 0 Å². The van der Waals surface area contributed by atoms with Crippen molar-refractivity contribution in [1.82, 2.24) is 10.2 Å². The number of benzene rings is 1. The Bertz CT molecular complexity index is 722. The van der Waals surface area contributed by atoms with Crippen LogP contribution in [0, 0.1) is 0 Å². The zero-order valence-corrected chi connectivity index (χ0v) is 9.73. The molecule has 1 aromatic carbocycles. The van der Waals surface area contributed by atoms with Gasteiger partial charge >= 0.3 is 12.1 Å². The number of nitrogens with one attached hydrogen (secondary N) is 1. The van der Waals surface area contributed by atoms with E-state index in [0.29, 0.717) is 0 Å². The predicted octanol–water partition coefficient (Wildman–Crippen LogP) is 2.15. The molecule has 5 nitrogen and oxygen atoms in total. The number of alkyl halides is 3. The molecule has 0 aliphatic rings. The molecule has 0 unspecified atom stereocenters. The summed E-state index contributed by atoms with van der Waals surface area (Å²) >= 11 is 0. The number of carboxylic acids is 1. The van der Waals surface area contributed by atoms with E-state index >= 15 is 0 Å². The molecule has 20 heavy (non-hydrogen) atoms. The van der Waals surface area contributed by atoms with Gasteiger partial charge in [0.2, 0.25) is 0 Å². The lowest BCUT2D eigenvalue weighted by molar-refractivity contribution is -0.137. The Morgan fingerprint density at radius 2 is 2.00 bits per heavy atom. The van der Waals surface area contributed by atoms with Gasteiger partial charge in [-0.05, 0) is 17.7 Å². The lowest BCUT2D eigenvalue weighted by atomic mass is 10.0. The number of rotatable bonds is 2. The van der Waals surface area contributed by atoms with Crippen molar-refractivity contribution in [3.8, 4) is 11.1 Å². The van der Waals surface area contributed by atoms with Gasteiger partial charge in [0.05, 0.1) is 11.8 Å². The highest BCUT2D eigenvalue weighted by molar-refractivity contribution is 5.95. The summed E-state index contributed by atoms with van der Waals surface area (Å²) in [7, 11) is 0. The van der Waals surface area contributed by atoms with Crippen molar-refractivity contribution in [2.24, 2.45) is 0 Å². The molecule has 0 aliphatic carbocycles. The van der Waals surface area contributed by atoms with Crippen LogP contribution >= 0.6 is 0 Å². The summed E-state index contributed by atoms with van der Waals surface area (Å²) < 4.78 is 37.9. The van der Waals surface area contributed by atoms with Gasteiger partial charge in [-0.1, -0.05) is 12.1 Å². The molecule has 0 spiro atoms. The fraction of sp³-hybridized carbons (Fsp3) is 0.0833. The van der Waals surface area contributed by atoms with Crippen LogP contribution in [0.1, 0.15) is 15.9 Å². The zero-order valence-electron chi connectivity index (χ0n) is 9.73. The van der Waals surface area contributed by atoms with Crippen LogP contribution in [0.25, 0.3) is 11.1 Å². The number of H-pyrrole nitrogens is 1. The van der Waals surface area contributed by atoms with E-state index in [1.807, 2.05) is 5.10 Å². The zero-order chi connectivity index (χ0) is 14.9.